The first-order valence-electron chi connectivity index (χ1n) is 7.80. The first-order chi connectivity index (χ1) is 12.6. The van der Waals surface area contributed by atoms with Crippen molar-refractivity contribution in [3.05, 3.63) is 54.5 Å². The number of rotatable bonds is 6. The van der Waals surface area contributed by atoms with Gasteiger partial charge in [0.1, 0.15) is 5.82 Å². The summed E-state index contributed by atoms with van der Waals surface area (Å²) in [7, 11) is 4.65. The van der Waals surface area contributed by atoms with Crippen molar-refractivity contribution in [2.24, 2.45) is 0 Å². The Labute approximate surface area is 150 Å². The summed E-state index contributed by atoms with van der Waals surface area (Å²) in [6, 6.07) is 11.5. The highest BCUT2D eigenvalue weighted by atomic mass is 19.1. The lowest BCUT2D eigenvalue weighted by Crippen LogP contribution is -1.99. The Morgan fingerprint density at radius 2 is 1.65 bits per heavy atom. The number of nitrogens with zero attached hydrogens (tertiary/aromatic N) is 2. The Bertz CT molecular complexity index is 893. The molecule has 1 heterocycles. The van der Waals surface area contributed by atoms with Gasteiger partial charge < -0.3 is 19.5 Å². The minimum Gasteiger partial charge on any atom is -0.493 e. The van der Waals surface area contributed by atoms with Gasteiger partial charge in [-0.1, -0.05) is 6.07 Å². The fourth-order valence-corrected chi connectivity index (χ4v) is 2.50. The Morgan fingerprint density at radius 3 is 2.27 bits per heavy atom. The second-order valence-corrected chi connectivity index (χ2v) is 5.31. The van der Waals surface area contributed by atoms with Crippen LogP contribution in [0.25, 0.3) is 11.3 Å². The van der Waals surface area contributed by atoms with Crippen LogP contribution in [0, 0.1) is 5.82 Å². The van der Waals surface area contributed by atoms with Gasteiger partial charge in [-0.25, -0.2) is 14.4 Å². The third-order valence-electron chi connectivity index (χ3n) is 3.70. The molecule has 2 aromatic carbocycles. The van der Waals surface area contributed by atoms with Crippen molar-refractivity contribution in [2.45, 2.75) is 0 Å². The van der Waals surface area contributed by atoms with Crippen molar-refractivity contribution in [1.82, 2.24) is 9.97 Å². The predicted octanol–water partition coefficient (Wildman–Crippen LogP) is 4.05. The molecule has 0 amide bonds. The average molecular weight is 355 g/mol. The van der Waals surface area contributed by atoms with Crippen molar-refractivity contribution < 1.29 is 18.6 Å². The van der Waals surface area contributed by atoms with Crippen LogP contribution < -0.4 is 19.5 Å². The fourth-order valence-electron chi connectivity index (χ4n) is 2.50. The van der Waals surface area contributed by atoms with Gasteiger partial charge in [-0.2, -0.15) is 0 Å². The number of methoxy groups -OCH3 is 3. The van der Waals surface area contributed by atoms with E-state index in [1.54, 1.807) is 57.9 Å². The summed E-state index contributed by atoms with van der Waals surface area (Å²) >= 11 is 0. The van der Waals surface area contributed by atoms with Gasteiger partial charge in [-0.05, 0) is 36.4 Å². The van der Waals surface area contributed by atoms with E-state index in [2.05, 4.69) is 15.3 Å². The van der Waals surface area contributed by atoms with Crippen LogP contribution in [0.2, 0.25) is 0 Å². The highest BCUT2D eigenvalue weighted by Crippen LogP contribution is 2.40. The van der Waals surface area contributed by atoms with Crippen molar-refractivity contribution in [3.63, 3.8) is 0 Å². The summed E-state index contributed by atoms with van der Waals surface area (Å²) in [6.45, 7) is 0. The van der Waals surface area contributed by atoms with Crippen molar-refractivity contribution in [3.8, 4) is 28.5 Å². The highest BCUT2D eigenvalue weighted by Gasteiger charge is 2.15. The quantitative estimate of drug-likeness (QED) is 0.720. The first-order valence-corrected chi connectivity index (χ1v) is 7.80. The van der Waals surface area contributed by atoms with Crippen LogP contribution in [0.4, 0.5) is 16.0 Å². The highest BCUT2D eigenvalue weighted by molar-refractivity contribution is 5.69. The molecule has 0 aliphatic rings. The maximum Gasteiger partial charge on any atom is 0.227 e. The average Bonchev–Trinajstić information content (AvgIpc) is 2.67. The maximum atomic E-state index is 13.3. The topological polar surface area (TPSA) is 65.5 Å². The van der Waals surface area contributed by atoms with Crippen LogP contribution in [0.15, 0.2) is 48.7 Å². The molecule has 0 aliphatic carbocycles. The molecule has 7 heteroatoms. The number of aromatic nitrogens is 2. The minimum absolute atomic E-state index is 0.337. The third-order valence-corrected chi connectivity index (χ3v) is 3.70. The number of benzene rings is 2. The largest absolute Gasteiger partial charge is 0.493 e. The molecule has 0 saturated carbocycles. The number of ether oxygens (including phenoxy) is 3. The van der Waals surface area contributed by atoms with Gasteiger partial charge in [0.25, 0.3) is 0 Å². The van der Waals surface area contributed by atoms with Gasteiger partial charge in [0.2, 0.25) is 11.7 Å². The van der Waals surface area contributed by atoms with Crippen LogP contribution >= 0.6 is 0 Å². The lowest BCUT2D eigenvalue weighted by atomic mass is 10.1. The molecular formula is C19H18FN3O3. The molecule has 0 bridgehead atoms. The van der Waals surface area contributed by atoms with Crippen LogP contribution in [-0.4, -0.2) is 31.3 Å². The molecule has 0 fully saturated rings. The molecule has 0 aliphatic heterocycles. The Morgan fingerprint density at radius 1 is 0.923 bits per heavy atom. The van der Waals surface area contributed by atoms with E-state index in [0.717, 1.165) is 5.56 Å². The van der Waals surface area contributed by atoms with Crippen molar-refractivity contribution in [1.29, 1.82) is 0 Å². The smallest absolute Gasteiger partial charge is 0.227 e. The Kier molecular flexibility index (Phi) is 5.17. The summed E-state index contributed by atoms with van der Waals surface area (Å²) in [5, 5.41) is 2.99. The summed E-state index contributed by atoms with van der Waals surface area (Å²) in [5.74, 6) is 1.57. The fraction of sp³-hybridized carbons (Fsp3) is 0.158. The van der Waals surface area contributed by atoms with E-state index in [9.17, 15) is 4.39 Å². The second-order valence-electron chi connectivity index (χ2n) is 5.31. The summed E-state index contributed by atoms with van der Waals surface area (Å²) in [4.78, 5) is 8.65. The SMILES string of the molecule is COc1cc(-c2ccnc(Nc3cccc(F)c3)n2)cc(OC)c1OC. The van der Waals surface area contributed by atoms with E-state index in [1.165, 1.54) is 12.1 Å². The molecule has 0 unspecified atom stereocenters. The lowest BCUT2D eigenvalue weighted by molar-refractivity contribution is 0.324. The van der Waals surface area contributed by atoms with Gasteiger partial charge >= 0.3 is 0 Å². The Hall–Kier alpha value is -3.35. The van der Waals surface area contributed by atoms with Crippen LogP contribution in [0.1, 0.15) is 0 Å². The van der Waals surface area contributed by atoms with Gasteiger partial charge in [0.05, 0.1) is 27.0 Å². The number of hydrogen-bond acceptors (Lipinski definition) is 6. The van der Waals surface area contributed by atoms with Gasteiger partial charge in [-0.3, -0.25) is 0 Å². The zero-order valence-corrected chi connectivity index (χ0v) is 14.6. The number of nitrogens with one attached hydrogen (secondary N) is 1. The second kappa shape index (κ2) is 7.69. The first kappa shape index (κ1) is 17.5. The zero-order chi connectivity index (χ0) is 18.5. The molecule has 0 radical (unpaired) electrons. The Balaban J connectivity index is 1.97. The monoisotopic (exact) mass is 355 g/mol. The van der Waals surface area contributed by atoms with Crippen molar-refractivity contribution in [2.75, 3.05) is 26.6 Å². The molecule has 26 heavy (non-hydrogen) atoms. The normalized spacial score (nSPS) is 10.3. The summed E-state index contributed by atoms with van der Waals surface area (Å²) < 4.78 is 29.4. The van der Waals surface area contributed by atoms with Crippen LogP contribution in [0.5, 0.6) is 17.2 Å². The summed E-state index contributed by atoms with van der Waals surface area (Å²) in [6.07, 6.45) is 1.62. The minimum atomic E-state index is -0.337. The predicted molar refractivity (Wildman–Crippen MR) is 96.8 cm³/mol. The number of halogens is 1. The summed E-state index contributed by atoms with van der Waals surface area (Å²) in [5.41, 5.74) is 1.98. The van der Waals surface area contributed by atoms with Crippen LogP contribution in [0.3, 0.4) is 0 Å². The molecular weight excluding hydrogens is 337 g/mol. The maximum absolute atomic E-state index is 13.3. The molecule has 134 valence electrons. The zero-order valence-electron chi connectivity index (χ0n) is 14.6. The molecule has 1 N–H and O–H groups in total. The molecule has 0 atom stereocenters. The number of hydrogen-bond donors (Lipinski definition) is 1. The number of anilines is 2. The lowest BCUT2D eigenvalue weighted by Gasteiger charge is -2.14. The van der Waals surface area contributed by atoms with E-state index in [1.807, 2.05) is 0 Å². The van der Waals surface area contributed by atoms with E-state index >= 15 is 0 Å². The molecule has 3 rings (SSSR count). The van der Waals surface area contributed by atoms with Crippen molar-refractivity contribution >= 4 is 11.6 Å². The van der Waals surface area contributed by atoms with E-state index in [-0.39, 0.29) is 5.82 Å². The van der Waals surface area contributed by atoms with Gasteiger partial charge in [0.15, 0.2) is 11.5 Å². The molecule has 0 spiro atoms. The van der Waals surface area contributed by atoms with E-state index in [0.29, 0.717) is 34.6 Å². The van der Waals surface area contributed by atoms with Crippen LogP contribution in [-0.2, 0) is 0 Å². The van der Waals surface area contributed by atoms with Gasteiger partial charge in [-0.15, -0.1) is 0 Å². The molecule has 0 saturated heterocycles. The molecule has 3 aromatic rings. The third kappa shape index (κ3) is 3.66. The van der Waals surface area contributed by atoms with Gasteiger partial charge in [0, 0.05) is 17.4 Å². The van der Waals surface area contributed by atoms with E-state index < -0.39 is 0 Å². The standard InChI is InChI=1S/C19H18FN3O3/c1-24-16-9-12(10-17(25-2)18(16)26-3)15-7-8-21-19(23-15)22-14-6-4-5-13(20)11-14/h4-11H,1-3H3,(H,21,22,23). The molecule has 1 aromatic heterocycles. The molecule has 6 nitrogen and oxygen atoms in total. The van der Waals surface area contributed by atoms with E-state index in [4.69, 9.17) is 14.2 Å².